The second kappa shape index (κ2) is 10.4. The van der Waals surface area contributed by atoms with E-state index in [1.165, 1.54) is 0 Å². The summed E-state index contributed by atoms with van der Waals surface area (Å²) in [7, 11) is 0. The van der Waals surface area contributed by atoms with E-state index >= 15 is 0 Å². The number of fused-ring (bicyclic) bond motifs is 1. The maximum atomic E-state index is 13.6. The van der Waals surface area contributed by atoms with Gasteiger partial charge in [-0.25, -0.2) is 4.98 Å². The van der Waals surface area contributed by atoms with Crippen molar-refractivity contribution < 1.29 is 18.4 Å². The summed E-state index contributed by atoms with van der Waals surface area (Å²) >= 11 is 12.2. The Labute approximate surface area is 217 Å². The maximum Gasteiger partial charge on any atom is 0.231 e. The van der Waals surface area contributed by atoms with Crippen LogP contribution in [0.5, 0.6) is 5.75 Å². The molecule has 180 valence electrons. The van der Waals surface area contributed by atoms with Crippen LogP contribution in [0.4, 0.5) is 0 Å². The number of allylic oxidation sites excluding steroid dienone is 1. The number of benzene rings is 3. The molecule has 5 rings (SSSR count). The first-order valence-corrected chi connectivity index (χ1v) is 12.2. The Morgan fingerprint density at radius 2 is 1.75 bits per heavy atom. The van der Waals surface area contributed by atoms with Gasteiger partial charge in [-0.2, -0.15) is 0 Å². The molecule has 5 nitrogen and oxygen atoms in total. The van der Waals surface area contributed by atoms with Crippen molar-refractivity contribution in [2.45, 2.75) is 13.3 Å². The SMILES string of the molecule is CCCOc1ccc(C(=O)/C(=C/c2ccc(-c3ccc(Cl)c(Cl)c3)o2)c2nc3ccccc3o2)cc1. The molecule has 0 saturated heterocycles. The second-order valence-corrected chi connectivity index (χ2v) is 8.89. The molecule has 3 aromatic carbocycles. The lowest BCUT2D eigenvalue weighted by atomic mass is 10.0. The van der Waals surface area contributed by atoms with Gasteiger partial charge in [0.2, 0.25) is 5.89 Å². The number of Topliss-reactive ketones (excluding diaryl/α,β-unsaturated/α-hetero) is 1. The van der Waals surface area contributed by atoms with E-state index < -0.39 is 0 Å². The van der Waals surface area contributed by atoms with E-state index in [1.54, 1.807) is 54.6 Å². The van der Waals surface area contributed by atoms with E-state index in [2.05, 4.69) is 4.98 Å². The van der Waals surface area contributed by atoms with Gasteiger partial charge < -0.3 is 13.6 Å². The summed E-state index contributed by atoms with van der Waals surface area (Å²) in [5.74, 6) is 1.71. The topological polar surface area (TPSA) is 65.5 Å². The molecular weight excluding hydrogens is 497 g/mol. The van der Waals surface area contributed by atoms with E-state index in [0.717, 1.165) is 12.0 Å². The minimum Gasteiger partial charge on any atom is -0.494 e. The number of furan rings is 1. The van der Waals surface area contributed by atoms with Crippen LogP contribution in [0, 0.1) is 0 Å². The lowest BCUT2D eigenvalue weighted by molar-refractivity contribution is 0.105. The number of hydrogen-bond acceptors (Lipinski definition) is 5. The fraction of sp³-hybridized carbons (Fsp3) is 0.103. The number of hydrogen-bond donors (Lipinski definition) is 0. The van der Waals surface area contributed by atoms with Gasteiger partial charge in [0.05, 0.1) is 22.2 Å². The van der Waals surface area contributed by atoms with Crippen molar-refractivity contribution in [3.8, 4) is 17.1 Å². The molecule has 0 fully saturated rings. The molecule has 2 heterocycles. The number of ketones is 1. The highest BCUT2D eigenvalue weighted by Crippen LogP contribution is 2.32. The van der Waals surface area contributed by atoms with Crippen molar-refractivity contribution in [1.82, 2.24) is 4.98 Å². The lowest BCUT2D eigenvalue weighted by Crippen LogP contribution is -2.03. The molecular formula is C29H21Cl2NO4. The fourth-order valence-electron chi connectivity index (χ4n) is 3.67. The summed E-state index contributed by atoms with van der Waals surface area (Å²) in [5.41, 5.74) is 2.75. The molecule has 0 aliphatic rings. The van der Waals surface area contributed by atoms with Crippen LogP contribution in [0.2, 0.25) is 10.0 Å². The lowest BCUT2D eigenvalue weighted by Gasteiger charge is -2.06. The Balaban J connectivity index is 1.53. The molecule has 2 aromatic heterocycles. The zero-order chi connectivity index (χ0) is 25.1. The Bertz CT molecular complexity index is 1530. The third-order valence-corrected chi connectivity index (χ3v) is 6.21. The first-order chi connectivity index (χ1) is 17.5. The van der Waals surface area contributed by atoms with E-state index in [-0.39, 0.29) is 17.2 Å². The van der Waals surface area contributed by atoms with Gasteiger partial charge in [-0.15, -0.1) is 0 Å². The average Bonchev–Trinajstić information content (AvgIpc) is 3.54. The molecule has 5 aromatic rings. The van der Waals surface area contributed by atoms with Crippen LogP contribution >= 0.6 is 23.2 Å². The van der Waals surface area contributed by atoms with Gasteiger partial charge in [0, 0.05) is 11.1 Å². The summed E-state index contributed by atoms with van der Waals surface area (Å²) < 4.78 is 17.6. The Hall–Kier alpha value is -3.80. The molecule has 0 unspecified atom stereocenters. The van der Waals surface area contributed by atoms with Crippen molar-refractivity contribution in [1.29, 1.82) is 0 Å². The second-order valence-electron chi connectivity index (χ2n) is 8.08. The Morgan fingerprint density at radius 3 is 2.50 bits per heavy atom. The Morgan fingerprint density at radius 1 is 0.944 bits per heavy atom. The van der Waals surface area contributed by atoms with Crippen LogP contribution < -0.4 is 4.74 Å². The molecule has 7 heteroatoms. The van der Waals surface area contributed by atoms with Crippen LogP contribution in [-0.2, 0) is 0 Å². The maximum absolute atomic E-state index is 13.6. The zero-order valence-corrected chi connectivity index (χ0v) is 20.8. The van der Waals surface area contributed by atoms with Crippen molar-refractivity contribution in [3.05, 3.63) is 106 Å². The zero-order valence-electron chi connectivity index (χ0n) is 19.3. The van der Waals surface area contributed by atoms with Crippen LogP contribution in [0.1, 0.15) is 35.4 Å². The number of aromatic nitrogens is 1. The first-order valence-electron chi connectivity index (χ1n) is 11.4. The molecule has 0 amide bonds. The standard InChI is InChI=1S/C29H21Cl2NO4/c1-2-15-34-20-10-7-18(8-11-20)28(33)22(29-32-25-5-3-4-6-27(25)36-29)17-21-12-14-26(35-21)19-9-13-23(30)24(31)16-19/h3-14,16-17H,2,15H2,1H3/b22-17-. The highest BCUT2D eigenvalue weighted by atomic mass is 35.5. The highest BCUT2D eigenvalue weighted by Gasteiger charge is 2.21. The summed E-state index contributed by atoms with van der Waals surface area (Å²) in [4.78, 5) is 18.2. The first kappa shape index (κ1) is 23.9. The van der Waals surface area contributed by atoms with E-state index in [9.17, 15) is 4.79 Å². The van der Waals surface area contributed by atoms with Gasteiger partial charge in [-0.3, -0.25) is 4.79 Å². The number of carbonyl (C=O) groups is 1. The van der Waals surface area contributed by atoms with Crippen LogP contribution in [-0.4, -0.2) is 17.4 Å². The number of carbonyl (C=O) groups excluding carboxylic acids is 1. The number of para-hydroxylation sites is 2. The van der Waals surface area contributed by atoms with E-state index in [1.807, 2.05) is 37.3 Å². The molecule has 0 aliphatic heterocycles. The third-order valence-electron chi connectivity index (χ3n) is 5.48. The molecule has 0 N–H and O–H groups in total. The minimum atomic E-state index is -0.254. The van der Waals surface area contributed by atoms with Crippen LogP contribution in [0.25, 0.3) is 34.1 Å². The molecule has 36 heavy (non-hydrogen) atoms. The fourth-order valence-corrected chi connectivity index (χ4v) is 3.97. The quantitative estimate of drug-likeness (QED) is 0.152. The van der Waals surface area contributed by atoms with Gasteiger partial charge in [-0.1, -0.05) is 42.3 Å². The summed E-state index contributed by atoms with van der Waals surface area (Å²) in [6, 6.07) is 23.2. The third kappa shape index (κ3) is 5.08. The average molecular weight is 518 g/mol. The van der Waals surface area contributed by atoms with Crippen molar-refractivity contribution >= 4 is 51.7 Å². The normalized spacial score (nSPS) is 11.7. The molecule has 0 radical (unpaired) electrons. The number of ether oxygens (including phenoxy) is 1. The Kier molecular flexibility index (Phi) is 6.94. The molecule has 0 bridgehead atoms. The summed E-state index contributed by atoms with van der Waals surface area (Å²) in [6.07, 6.45) is 2.54. The van der Waals surface area contributed by atoms with Crippen LogP contribution in [0.15, 0.2) is 87.7 Å². The molecule has 0 saturated carbocycles. The van der Waals surface area contributed by atoms with Gasteiger partial charge in [0.15, 0.2) is 11.4 Å². The van der Waals surface area contributed by atoms with Gasteiger partial charge in [0.1, 0.15) is 22.8 Å². The van der Waals surface area contributed by atoms with Gasteiger partial charge >= 0.3 is 0 Å². The van der Waals surface area contributed by atoms with E-state index in [4.69, 9.17) is 36.8 Å². The number of halogens is 2. The van der Waals surface area contributed by atoms with Gasteiger partial charge in [-0.05, 0) is 79.2 Å². The molecule has 0 spiro atoms. The number of nitrogens with zero attached hydrogens (tertiary/aromatic N) is 1. The monoisotopic (exact) mass is 517 g/mol. The largest absolute Gasteiger partial charge is 0.494 e. The molecule has 0 atom stereocenters. The number of oxazole rings is 1. The predicted octanol–water partition coefficient (Wildman–Crippen LogP) is 8.61. The van der Waals surface area contributed by atoms with Crippen molar-refractivity contribution in [3.63, 3.8) is 0 Å². The van der Waals surface area contributed by atoms with Crippen LogP contribution in [0.3, 0.4) is 0 Å². The summed E-state index contributed by atoms with van der Waals surface area (Å²) in [5, 5.41) is 0.887. The molecule has 0 aliphatic carbocycles. The summed E-state index contributed by atoms with van der Waals surface area (Å²) in [6.45, 7) is 2.65. The smallest absolute Gasteiger partial charge is 0.231 e. The highest BCUT2D eigenvalue weighted by molar-refractivity contribution is 6.42. The predicted molar refractivity (Wildman–Crippen MR) is 143 cm³/mol. The van der Waals surface area contributed by atoms with E-state index in [0.29, 0.717) is 50.6 Å². The van der Waals surface area contributed by atoms with Crippen molar-refractivity contribution in [2.75, 3.05) is 6.61 Å². The minimum absolute atomic E-state index is 0.208. The van der Waals surface area contributed by atoms with Crippen molar-refractivity contribution in [2.24, 2.45) is 0 Å². The number of rotatable bonds is 8. The van der Waals surface area contributed by atoms with Gasteiger partial charge in [0.25, 0.3) is 0 Å².